The number of ether oxygens (including phenoxy) is 9. The molecule has 2 aromatic carbocycles. The Morgan fingerprint density at radius 3 is 2.30 bits per heavy atom. The van der Waals surface area contributed by atoms with Crippen LogP contribution in [0.25, 0.3) is 6.08 Å². The molecule has 6 rings (SSSR count). The van der Waals surface area contributed by atoms with Gasteiger partial charge >= 0.3 is 17.9 Å². The van der Waals surface area contributed by atoms with E-state index in [0.717, 1.165) is 6.92 Å². The van der Waals surface area contributed by atoms with Crippen molar-refractivity contribution in [2.75, 3.05) is 41.2 Å². The van der Waals surface area contributed by atoms with Gasteiger partial charge in [-0.25, -0.2) is 4.79 Å². The summed E-state index contributed by atoms with van der Waals surface area (Å²) >= 11 is 0. The van der Waals surface area contributed by atoms with Gasteiger partial charge in [0, 0.05) is 18.4 Å². The first kappa shape index (κ1) is 39.0. The summed E-state index contributed by atoms with van der Waals surface area (Å²) in [6.07, 6.45) is -13.1. The average molecular weight is 765 g/mol. The highest BCUT2D eigenvalue weighted by Gasteiger charge is 2.62. The highest BCUT2D eigenvalue weighted by Crippen LogP contribution is 2.54. The maximum Gasteiger partial charge on any atom is 0.335 e. The monoisotopic (exact) mass is 764 g/mol. The van der Waals surface area contributed by atoms with E-state index in [9.17, 15) is 50.1 Å². The van der Waals surface area contributed by atoms with Crippen molar-refractivity contribution in [3.63, 3.8) is 0 Å². The second-order valence-electron chi connectivity index (χ2n) is 13.0. The molecule has 2 aromatic rings. The van der Waals surface area contributed by atoms with Crippen LogP contribution in [-0.2, 0) is 42.8 Å². The summed E-state index contributed by atoms with van der Waals surface area (Å²) in [4.78, 5) is 40.0. The molecule has 0 unspecified atom stereocenters. The Kier molecular flexibility index (Phi) is 11.0. The van der Waals surface area contributed by atoms with Crippen LogP contribution in [0.5, 0.6) is 28.7 Å². The second-order valence-corrected chi connectivity index (χ2v) is 13.0. The number of hydrogen-bond acceptors (Lipinski definition) is 19. The van der Waals surface area contributed by atoms with E-state index in [1.165, 1.54) is 51.7 Å². The molecule has 3 aliphatic heterocycles. The van der Waals surface area contributed by atoms with Gasteiger partial charge in [0.05, 0.1) is 26.9 Å². The van der Waals surface area contributed by atoms with Gasteiger partial charge in [-0.05, 0) is 35.4 Å². The van der Waals surface area contributed by atoms with Crippen molar-refractivity contribution in [3.05, 3.63) is 46.5 Å². The lowest BCUT2D eigenvalue weighted by Gasteiger charge is -2.44. The Balaban J connectivity index is 1.45. The van der Waals surface area contributed by atoms with Crippen LogP contribution in [0.3, 0.4) is 0 Å². The third kappa shape index (κ3) is 6.66. The Labute approximate surface area is 306 Å². The molecule has 0 aromatic heterocycles. The number of benzene rings is 2. The minimum Gasteiger partial charge on any atom is -0.504 e. The third-order valence-corrected chi connectivity index (χ3v) is 9.81. The van der Waals surface area contributed by atoms with E-state index in [2.05, 4.69) is 0 Å². The number of carbonyl (C=O) groups excluding carboxylic acids is 3. The predicted molar refractivity (Wildman–Crippen MR) is 175 cm³/mol. The number of aliphatic hydroxyl groups is 5. The van der Waals surface area contributed by atoms with Gasteiger partial charge in [-0.3, -0.25) is 9.59 Å². The van der Waals surface area contributed by atoms with E-state index < -0.39 is 110 Å². The van der Waals surface area contributed by atoms with Crippen molar-refractivity contribution in [3.8, 4) is 28.7 Å². The van der Waals surface area contributed by atoms with E-state index >= 15 is 0 Å². The number of hydrogen-bond donors (Lipinski definition) is 7. The molecule has 0 amide bonds. The molecule has 19 nitrogen and oxygen atoms in total. The Bertz CT molecular complexity index is 1810. The van der Waals surface area contributed by atoms with E-state index in [1.54, 1.807) is 0 Å². The van der Waals surface area contributed by atoms with Crippen molar-refractivity contribution in [2.24, 2.45) is 5.92 Å². The van der Waals surface area contributed by atoms with E-state index in [-0.39, 0.29) is 45.3 Å². The summed E-state index contributed by atoms with van der Waals surface area (Å²) in [6, 6.07) is 5.52. The normalized spacial score (nSPS) is 33.3. The van der Waals surface area contributed by atoms with Crippen LogP contribution >= 0.6 is 0 Å². The SMILES string of the molecule is COc1cc([C@@H]2c3c(cc(OC)c(O)c3OC)C=C3C(=O)OC[C@H]4O[C@](CO)(O[C@H]5O[C@H](COC(C)=O)[C@@H](O)[C@H](O)[C@H]5O)[C@@H](OC(=O)[C@@H]32)[C@@H]4O)ccc1O. The van der Waals surface area contributed by atoms with Crippen molar-refractivity contribution in [1.82, 2.24) is 0 Å². The summed E-state index contributed by atoms with van der Waals surface area (Å²) in [7, 11) is 3.85. The Morgan fingerprint density at radius 1 is 0.926 bits per heavy atom. The maximum atomic E-state index is 14.6. The molecule has 7 N–H and O–H groups in total. The number of rotatable bonds is 9. The molecule has 0 radical (unpaired) electrons. The van der Waals surface area contributed by atoms with Crippen molar-refractivity contribution >= 4 is 24.0 Å². The number of fused-ring (bicyclic) bond motifs is 4. The molecular weight excluding hydrogens is 724 g/mol. The molecule has 3 saturated heterocycles. The smallest absolute Gasteiger partial charge is 0.335 e. The van der Waals surface area contributed by atoms with Gasteiger partial charge in [0.15, 0.2) is 35.4 Å². The third-order valence-electron chi connectivity index (χ3n) is 9.81. The average Bonchev–Trinajstić information content (AvgIpc) is 3.40. The van der Waals surface area contributed by atoms with Crippen molar-refractivity contribution < 1.29 is 92.8 Å². The predicted octanol–water partition coefficient (Wildman–Crippen LogP) is -1.43. The standard InChI is InChI=1S/C35H40O19/c1-13(37)49-10-20-25(39)28(42)29(43)34(51-20)54-35(12-36)31-27(41)21(53-35)11-50-32(44)16-7-15-9-19(47-3)26(40)30(48-4)23(15)22(24(16)33(45)52-31)14-5-6-17(38)18(8-14)46-2/h5-9,20-22,24-25,27-29,31,34,36,38-43H,10-12H2,1-4H3/t20-,21-,22-,24+,25-,27-,28+,29-,31+,34-,35-/m1/s1. The molecule has 2 bridgehead atoms. The summed E-state index contributed by atoms with van der Waals surface area (Å²) in [5.74, 6) is -9.35. The van der Waals surface area contributed by atoms with Gasteiger partial charge in [-0.2, -0.15) is 0 Å². The molecule has 19 heteroatoms. The molecule has 0 saturated carbocycles. The summed E-state index contributed by atoms with van der Waals surface area (Å²) in [5.41, 5.74) is 0.450. The number of carbonyl (C=O) groups is 3. The zero-order chi connectivity index (χ0) is 39.2. The molecule has 0 spiro atoms. The zero-order valence-corrected chi connectivity index (χ0v) is 29.3. The fourth-order valence-electron chi connectivity index (χ4n) is 7.15. The number of aromatic hydroxyl groups is 2. The number of esters is 3. The van der Waals surface area contributed by atoms with Crippen LogP contribution in [0, 0.1) is 5.92 Å². The van der Waals surface area contributed by atoms with Gasteiger partial charge < -0.3 is 78.4 Å². The number of methoxy groups -OCH3 is 3. The number of phenolic OH excluding ortho intramolecular Hbond substituents is 2. The molecule has 11 atom stereocenters. The molecular formula is C35H40O19. The van der Waals surface area contributed by atoms with Crippen LogP contribution in [-0.4, -0.2) is 150 Å². The van der Waals surface area contributed by atoms with Crippen molar-refractivity contribution in [1.29, 1.82) is 0 Å². The van der Waals surface area contributed by atoms with Gasteiger partial charge in [0.2, 0.25) is 11.5 Å². The maximum absolute atomic E-state index is 14.6. The highest BCUT2D eigenvalue weighted by atomic mass is 16.8. The molecule has 4 aliphatic rings. The Hall–Kier alpha value is -4.73. The van der Waals surface area contributed by atoms with Gasteiger partial charge in [0.25, 0.3) is 0 Å². The van der Waals surface area contributed by atoms with E-state index in [0.29, 0.717) is 0 Å². The molecule has 1 aliphatic carbocycles. The summed E-state index contributed by atoms with van der Waals surface area (Å²) in [6.45, 7) is -1.35. The molecule has 3 fully saturated rings. The van der Waals surface area contributed by atoms with Crippen LogP contribution in [0.2, 0.25) is 0 Å². The number of cyclic esters (lactones) is 1. The quantitative estimate of drug-likeness (QED) is 0.114. The minimum absolute atomic E-state index is 0.0156. The van der Waals surface area contributed by atoms with E-state index in [1.807, 2.05) is 0 Å². The van der Waals surface area contributed by atoms with Gasteiger partial charge in [-0.15, -0.1) is 0 Å². The molecule has 54 heavy (non-hydrogen) atoms. The minimum atomic E-state index is -2.56. The first-order valence-electron chi connectivity index (χ1n) is 16.6. The summed E-state index contributed by atoms with van der Waals surface area (Å²) in [5, 5.41) is 75.6. The molecule has 3 heterocycles. The Morgan fingerprint density at radius 2 is 1.65 bits per heavy atom. The van der Waals surface area contributed by atoms with Gasteiger partial charge in [-0.1, -0.05) is 6.07 Å². The summed E-state index contributed by atoms with van der Waals surface area (Å²) < 4.78 is 50.0. The lowest BCUT2D eigenvalue weighted by Crippen LogP contribution is -2.63. The largest absolute Gasteiger partial charge is 0.504 e. The first-order valence-corrected chi connectivity index (χ1v) is 16.6. The van der Waals surface area contributed by atoms with Crippen LogP contribution < -0.4 is 14.2 Å². The zero-order valence-electron chi connectivity index (χ0n) is 29.3. The molecule has 294 valence electrons. The van der Waals surface area contributed by atoms with Gasteiger partial charge in [0.1, 0.15) is 62.4 Å². The number of aliphatic hydroxyl groups excluding tert-OH is 5. The topological polar surface area (TPSA) is 276 Å². The fourth-order valence-corrected chi connectivity index (χ4v) is 7.15. The highest BCUT2D eigenvalue weighted by molar-refractivity contribution is 6.02. The lowest BCUT2D eigenvalue weighted by atomic mass is 9.70. The fraction of sp³-hybridized carbons (Fsp3) is 0.514. The van der Waals surface area contributed by atoms with Crippen molar-refractivity contribution in [2.45, 2.75) is 67.6 Å². The van der Waals surface area contributed by atoms with E-state index in [4.69, 9.17) is 42.6 Å². The van der Waals surface area contributed by atoms with Crippen LogP contribution in [0.15, 0.2) is 29.8 Å². The lowest BCUT2D eigenvalue weighted by molar-refractivity contribution is -0.383. The van der Waals surface area contributed by atoms with Crippen LogP contribution in [0.1, 0.15) is 29.5 Å². The second kappa shape index (κ2) is 15.2. The number of phenols is 2. The first-order chi connectivity index (χ1) is 25.7. The van der Waals surface area contributed by atoms with Crippen LogP contribution in [0.4, 0.5) is 0 Å².